The third-order valence-corrected chi connectivity index (χ3v) is 4.10. The van der Waals surface area contributed by atoms with Gasteiger partial charge in [0.1, 0.15) is 18.1 Å². The predicted molar refractivity (Wildman–Crippen MR) is 103 cm³/mol. The second-order valence-corrected chi connectivity index (χ2v) is 6.71. The lowest BCUT2D eigenvalue weighted by Gasteiger charge is -2.23. The van der Waals surface area contributed by atoms with E-state index in [1.807, 2.05) is 0 Å². The highest BCUT2D eigenvalue weighted by Gasteiger charge is 2.30. The van der Waals surface area contributed by atoms with Crippen LogP contribution in [0.2, 0.25) is 0 Å². The van der Waals surface area contributed by atoms with Crippen LogP contribution < -0.4 is 21.7 Å². The number of aromatic nitrogens is 2. The number of aromatic amines is 1. The average molecular weight is 442 g/mol. The van der Waals surface area contributed by atoms with Crippen molar-refractivity contribution >= 4 is 29.7 Å². The number of aliphatic carboxylic acids is 2. The van der Waals surface area contributed by atoms with Gasteiger partial charge in [0, 0.05) is 24.7 Å². The predicted octanol–water partition coefficient (Wildman–Crippen LogP) is -3.30. The zero-order valence-corrected chi connectivity index (χ0v) is 16.7. The number of H-pyrrole nitrogens is 1. The van der Waals surface area contributed by atoms with Crippen LogP contribution in [0.15, 0.2) is 12.5 Å². The van der Waals surface area contributed by atoms with Gasteiger partial charge in [-0.3, -0.25) is 19.2 Å². The number of rotatable bonds is 13. The first kappa shape index (κ1) is 25.5. The second kappa shape index (κ2) is 12.2. The van der Waals surface area contributed by atoms with Crippen LogP contribution >= 0.6 is 0 Å². The molecule has 0 radical (unpaired) electrons. The third-order valence-electron chi connectivity index (χ3n) is 4.10. The SMILES string of the molecule is CC(N)C(=O)NC(Cc1cnc[nH]1)C(=O)NC(CO)C(=O)NC(CCC(=O)O)C(=O)O. The molecule has 14 heteroatoms. The maximum atomic E-state index is 12.6. The number of imidazole rings is 1. The van der Waals surface area contributed by atoms with Gasteiger partial charge >= 0.3 is 11.9 Å². The summed E-state index contributed by atoms with van der Waals surface area (Å²) < 4.78 is 0. The molecule has 0 aliphatic heterocycles. The lowest BCUT2D eigenvalue weighted by atomic mass is 10.1. The third kappa shape index (κ3) is 8.79. The molecule has 1 aromatic heterocycles. The van der Waals surface area contributed by atoms with E-state index in [4.69, 9.17) is 15.9 Å². The van der Waals surface area contributed by atoms with Gasteiger partial charge in [-0.2, -0.15) is 0 Å². The topological polar surface area (TPSA) is 237 Å². The smallest absolute Gasteiger partial charge is 0.326 e. The summed E-state index contributed by atoms with van der Waals surface area (Å²) >= 11 is 0. The van der Waals surface area contributed by atoms with Crippen molar-refractivity contribution in [2.45, 2.75) is 50.4 Å². The van der Waals surface area contributed by atoms with Crippen LogP contribution in [0.4, 0.5) is 0 Å². The molecular weight excluding hydrogens is 416 g/mol. The molecule has 31 heavy (non-hydrogen) atoms. The van der Waals surface area contributed by atoms with Gasteiger partial charge in [-0.15, -0.1) is 0 Å². The molecule has 0 bridgehead atoms. The Kier molecular flexibility index (Phi) is 10.1. The summed E-state index contributed by atoms with van der Waals surface area (Å²) in [5.74, 6) is -5.23. The number of carboxylic acid groups (broad SMARTS) is 2. The molecule has 4 atom stereocenters. The van der Waals surface area contributed by atoms with Crippen LogP contribution in [0.3, 0.4) is 0 Å². The zero-order chi connectivity index (χ0) is 23.6. The average Bonchev–Trinajstić information content (AvgIpc) is 3.20. The molecule has 0 aliphatic carbocycles. The van der Waals surface area contributed by atoms with Gasteiger partial charge in [0.25, 0.3) is 0 Å². The number of nitrogens with one attached hydrogen (secondary N) is 4. The van der Waals surface area contributed by atoms with Gasteiger partial charge in [0.2, 0.25) is 17.7 Å². The molecule has 14 nitrogen and oxygen atoms in total. The molecular formula is C17H26N6O8. The molecule has 3 amide bonds. The molecule has 172 valence electrons. The maximum Gasteiger partial charge on any atom is 0.326 e. The van der Waals surface area contributed by atoms with Crippen LogP contribution in [0.25, 0.3) is 0 Å². The Morgan fingerprint density at radius 1 is 1.03 bits per heavy atom. The minimum Gasteiger partial charge on any atom is -0.481 e. The van der Waals surface area contributed by atoms with Crippen LogP contribution in [-0.4, -0.2) is 85.7 Å². The normalized spacial score (nSPS) is 14.5. The number of carbonyl (C=O) groups is 5. The summed E-state index contributed by atoms with van der Waals surface area (Å²) in [5, 5.41) is 34.0. The first-order chi connectivity index (χ1) is 14.5. The van der Waals surface area contributed by atoms with Crippen LogP contribution in [-0.2, 0) is 30.4 Å². The number of aliphatic hydroxyl groups excluding tert-OH is 1. The first-order valence-electron chi connectivity index (χ1n) is 9.24. The van der Waals surface area contributed by atoms with E-state index in [1.165, 1.54) is 19.4 Å². The molecule has 1 aromatic rings. The Morgan fingerprint density at radius 3 is 2.10 bits per heavy atom. The minimum atomic E-state index is -1.55. The Labute approximate surface area is 176 Å². The number of hydrogen-bond donors (Lipinski definition) is 8. The molecule has 0 fully saturated rings. The first-order valence-corrected chi connectivity index (χ1v) is 9.24. The summed E-state index contributed by atoms with van der Waals surface area (Å²) in [7, 11) is 0. The largest absolute Gasteiger partial charge is 0.481 e. The highest BCUT2D eigenvalue weighted by molar-refractivity contribution is 5.94. The highest BCUT2D eigenvalue weighted by atomic mass is 16.4. The lowest BCUT2D eigenvalue weighted by Crippen LogP contribution is -2.58. The second-order valence-electron chi connectivity index (χ2n) is 6.71. The number of carbonyl (C=O) groups excluding carboxylic acids is 3. The highest BCUT2D eigenvalue weighted by Crippen LogP contribution is 2.02. The van der Waals surface area contributed by atoms with Crippen molar-refractivity contribution in [2.24, 2.45) is 5.73 Å². The quantitative estimate of drug-likeness (QED) is 0.151. The van der Waals surface area contributed by atoms with Crippen molar-refractivity contribution in [3.63, 3.8) is 0 Å². The van der Waals surface area contributed by atoms with E-state index in [0.29, 0.717) is 5.69 Å². The van der Waals surface area contributed by atoms with E-state index in [-0.39, 0.29) is 6.42 Å². The molecule has 0 aliphatic rings. The Balaban J connectivity index is 2.86. The number of nitrogens with zero attached hydrogens (tertiary/aromatic N) is 1. The standard InChI is InChI=1S/C17H26N6O8/c1-8(18)14(27)22-11(4-9-5-19-7-20-9)15(28)23-12(6-24)16(29)21-10(17(30)31)2-3-13(25)26/h5,7-8,10-12,24H,2-4,6,18H2,1H3,(H,19,20)(H,21,29)(H,22,27)(H,23,28)(H,25,26)(H,30,31). The van der Waals surface area contributed by atoms with Crippen molar-refractivity contribution in [2.75, 3.05) is 6.61 Å². The number of hydrogen-bond acceptors (Lipinski definition) is 8. The van der Waals surface area contributed by atoms with Crippen LogP contribution in [0.1, 0.15) is 25.5 Å². The van der Waals surface area contributed by atoms with Crippen LogP contribution in [0, 0.1) is 0 Å². The minimum absolute atomic E-state index is 0.0274. The fourth-order valence-corrected chi connectivity index (χ4v) is 2.39. The molecule has 0 aromatic carbocycles. The fourth-order valence-electron chi connectivity index (χ4n) is 2.39. The summed E-state index contributed by atoms with van der Waals surface area (Å²) in [6.45, 7) is 0.536. The molecule has 1 heterocycles. The number of amides is 3. The van der Waals surface area contributed by atoms with Crippen molar-refractivity contribution in [1.82, 2.24) is 25.9 Å². The zero-order valence-electron chi connectivity index (χ0n) is 16.7. The van der Waals surface area contributed by atoms with Gasteiger partial charge in [0.15, 0.2) is 0 Å². The van der Waals surface area contributed by atoms with Crippen molar-refractivity contribution in [3.8, 4) is 0 Å². The summed E-state index contributed by atoms with van der Waals surface area (Å²) in [6, 6.07) is -5.17. The molecule has 4 unspecified atom stereocenters. The van der Waals surface area contributed by atoms with Gasteiger partial charge in [-0.25, -0.2) is 9.78 Å². The van der Waals surface area contributed by atoms with Crippen molar-refractivity contribution < 1.29 is 39.3 Å². The van der Waals surface area contributed by atoms with Gasteiger partial charge in [-0.1, -0.05) is 0 Å². The molecule has 9 N–H and O–H groups in total. The Bertz CT molecular complexity index is 782. The van der Waals surface area contributed by atoms with E-state index >= 15 is 0 Å². The van der Waals surface area contributed by atoms with Gasteiger partial charge in [0.05, 0.1) is 19.0 Å². The van der Waals surface area contributed by atoms with E-state index < -0.39 is 73.3 Å². The molecule has 1 rings (SSSR count). The summed E-state index contributed by atoms with van der Waals surface area (Å²) in [6.07, 6.45) is 1.86. The van der Waals surface area contributed by atoms with Crippen LogP contribution in [0.5, 0.6) is 0 Å². The number of aliphatic hydroxyl groups is 1. The van der Waals surface area contributed by atoms with E-state index in [0.717, 1.165) is 0 Å². The van der Waals surface area contributed by atoms with Crippen molar-refractivity contribution in [3.05, 3.63) is 18.2 Å². The monoisotopic (exact) mass is 442 g/mol. The lowest BCUT2D eigenvalue weighted by molar-refractivity contribution is -0.143. The maximum absolute atomic E-state index is 12.6. The molecule has 0 saturated heterocycles. The van der Waals surface area contributed by atoms with Gasteiger partial charge in [-0.05, 0) is 13.3 Å². The van der Waals surface area contributed by atoms with E-state index in [1.54, 1.807) is 0 Å². The van der Waals surface area contributed by atoms with Gasteiger partial charge < -0.3 is 42.0 Å². The van der Waals surface area contributed by atoms with E-state index in [9.17, 15) is 29.1 Å². The number of nitrogens with two attached hydrogens (primary N) is 1. The molecule has 0 saturated carbocycles. The fraction of sp³-hybridized carbons (Fsp3) is 0.529. The Hall–Kier alpha value is -3.52. The summed E-state index contributed by atoms with van der Waals surface area (Å²) in [4.78, 5) is 65.3. The Morgan fingerprint density at radius 2 is 1.61 bits per heavy atom. The van der Waals surface area contributed by atoms with Crippen molar-refractivity contribution in [1.29, 1.82) is 0 Å². The van der Waals surface area contributed by atoms with E-state index in [2.05, 4.69) is 25.9 Å². The summed E-state index contributed by atoms with van der Waals surface area (Å²) in [5.41, 5.74) is 6.00. The number of carboxylic acids is 2. The molecule has 0 spiro atoms.